The molecule has 1 aliphatic heterocycles. The van der Waals surface area contributed by atoms with Crippen LogP contribution in [0.2, 0.25) is 0 Å². The Balaban J connectivity index is 1.37. The number of fused-ring (bicyclic) bond motifs is 1. The van der Waals surface area contributed by atoms with Crippen LogP contribution < -0.4 is 5.32 Å². The number of likely N-dealkylation sites (tertiary alicyclic amines) is 1. The molecular formula is C24H24N6O2. The first-order chi connectivity index (χ1) is 15.6. The number of piperidine rings is 1. The molecule has 32 heavy (non-hydrogen) atoms. The SMILES string of the molecule is CC(=O)Nc1cnn(-c2ccc(C(=O)N3CCCC[C@@H]3c3nc4ccccc4[nH]3)cc2)c1. The number of aromatic nitrogens is 4. The van der Waals surface area contributed by atoms with Crippen molar-refractivity contribution in [2.45, 2.75) is 32.2 Å². The molecule has 2 aromatic heterocycles. The highest BCUT2D eigenvalue weighted by atomic mass is 16.2. The lowest BCUT2D eigenvalue weighted by molar-refractivity contribution is -0.114. The van der Waals surface area contributed by atoms with Gasteiger partial charge in [0.05, 0.1) is 40.8 Å². The predicted octanol–water partition coefficient (Wildman–Crippen LogP) is 4.07. The molecule has 4 aromatic rings. The first-order valence-corrected chi connectivity index (χ1v) is 10.8. The minimum Gasteiger partial charge on any atom is -0.340 e. The maximum absolute atomic E-state index is 13.4. The minimum absolute atomic E-state index is 0.00102. The van der Waals surface area contributed by atoms with Crippen molar-refractivity contribution in [3.8, 4) is 5.69 Å². The molecular weight excluding hydrogens is 404 g/mol. The fourth-order valence-corrected chi connectivity index (χ4v) is 4.24. The van der Waals surface area contributed by atoms with Crippen LogP contribution in [0.1, 0.15) is 48.4 Å². The normalized spacial score (nSPS) is 16.3. The number of nitrogens with one attached hydrogen (secondary N) is 2. The molecule has 2 N–H and O–H groups in total. The van der Waals surface area contributed by atoms with Gasteiger partial charge in [-0.1, -0.05) is 12.1 Å². The Labute approximate surface area is 185 Å². The number of hydrogen-bond acceptors (Lipinski definition) is 4. The zero-order valence-electron chi connectivity index (χ0n) is 17.8. The number of hydrogen-bond donors (Lipinski definition) is 2. The van der Waals surface area contributed by atoms with E-state index in [1.54, 1.807) is 17.1 Å². The molecule has 2 amide bonds. The number of para-hydroxylation sites is 2. The van der Waals surface area contributed by atoms with Crippen LogP contribution in [-0.4, -0.2) is 43.0 Å². The van der Waals surface area contributed by atoms with Crippen molar-refractivity contribution < 1.29 is 9.59 Å². The number of nitrogens with zero attached hydrogens (tertiary/aromatic N) is 4. The van der Waals surface area contributed by atoms with Gasteiger partial charge in [-0.2, -0.15) is 5.10 Å². The number of H-pyrrole nitrogens is 1. The Morgan fingerprint density at radius 2 is 1.91 bits per heavy atom. The van der Waals surface area contributed by atoms with Gasteiger partial charge in [0, 0.05) is 19.0 Å². The molecule has 0 spiro atoms. The second-order valence-electron chi connectivity index (χ2n) is 8.05. The number of carbonyl (C=O) groups excluding carboxylic acids is 2. The van der Waals surface area contributed by atoms with Crippen LogP contribution in [0.3, 0.4) is 0 Å². The zero-order chi connectivity index (χ0) is 22.1. The Bertz CT molecular complexity index is 1240. The van der Waals surface area contributed by atoms with Crippen molar-refractivity contribution in [2.24, 2.45) is 0 Å². The Morgan fingerprint density at radius 3 is 2.69 bits per heavy atom. The number of imidazole rings is 1. The number of amides is 2. The highest BCUT2D eigenvalue weighted by Gasteiger charge is 2.30. The van der Waals surface area contributed by atoms with E-state index in [1.165, 1.54) is 6.92 Å². The highest BCUT2D eigenvalue weighted by Crippen LogP contribution is 2.32. The number of benzene rings is 2. The van der Waals surface area contributed by atoms with Crippen molar-refractivity contribution in [2.75, 3.05) is 11.9 Å². The Hall–Kier alpha value is -3.94. The van der Waals surface area contributed by atoms with Crippen LogP contribution in [0.4, 0.5) is 5.69 Å². The van der Waals surface area contributed by atoms with Gasteiger partial charge in [-0.05, 0) is 55.7 Å². The number of aromatic amines is 1. The van der Waals surface area contributed by atoms with Gasteiger partial charge < -0.3 is 15.2 Å². The summed E-state index contributed by atoms with van der Waals surface area (Å²) in [7, 11) is 0. The van der Waals surface area contributed by atoms with Crippen molar-refractivity contribution in [1.29, 1.82) is 0 Å². The first kappa shape index (κ1) is 20.0. The third-order valence-electron chi connectivity index (χ3n) is 5.77. The highest BCUT2D eigenvalue weighted by molar-refractivity contribution is 5.95. The van der Waals surface area contributed by atoms with Gasteiger partial charge in [-0.15, -0.1) is 0 Å². The molecule has 0 bridgehead atoms. The van der Waals surface area contributed by atoms with E-state index < -0.39 is 0 Å². The molecule has 2 aromatic carbocycles. The van der Waals surface area contributed by atoms with E-state index in [9.17, 15) is 9.59 Å². The Morgan fingerprint density at radius 1 is 1.09 bits per heavy atom. The lowest BCUT2D eigenvalue weighted by atomic mass is 10.00. The molecule has 0 radical (unpaired) electrons. The van der Waals surface area contributed by atoms with E-state index in [1.807, 2.05) is 53.4 Å². The summed E-state index contributed by atoms with van der Waals surface area (Å²) in [6, 6.07) is 15.2. The monoisotopic (exact) mass is 428 g/mol. The van der Waals surface area contributed by atoms with Gasteiger partial charge in [0.25, 0.3) is 5.91 Å². The summed E-state index contributed by atoms with van der Waals surface area (Å²) in [5, 5.41) is 6.98. The van der Waals surface area contributed by atoms with Gasteiger partial charge in [-0.3, -0.25) is 9.59 Å². The van der Waals surface area contributed by atoms with E-state index in [0.29, 0.717) is 17.8 Å². The van der Waals surface area contributed by atoms with Gasteiger partial charge >= 0.3 is 0 Å². The molecule has 1 aliphatic rings. The van der Waals surface area contributed by atoms with Crippen molar-refractivity contribution in [3.05, 3.63) is 72.3 Å². The first-order valence-electron chi connectivity index (χ1n) is 10.8. The lowest BCUT2D eigenvalue weighted by Crippen LogP contribution is -2.39. The zero-order valence-corrected chi connectivity index (χ0v) is 17.8. The van der Waals surface area contributed by atoms with E-state index >= 15 is 0 Å². The maximum atomic E-state index is 13.4. The van der Waals surface area contributed by atoms with Crippen LogP contribution in [-0.2, 0) is 4.79 Å². The molecule has 1 fully saturated rings. The molecule has 0 aliphatic carbocycles. The number of rotatable bonds is 4. The average Bonchev–Trinajstić information content (AvgIpc) is 3.45. The molecule has 0 saturated carbocycles. The third kappa shape index (κ3) is 3.87. The molecule has 3 heterocycles. The molecule has 0 unspecified atom stereocenters. The van der Waals surface area contributed by atoms with Crippen molar-refractivity contribution in [1.82, 2.24) is 24.6 Å². The molecule has 162 valence electrons. The Kier molecular flexibility index (Phi) is 5.18. The summed E-state index contributed by atoms with van der Waals surface area (Å²) in [6.07, 6.45) is 6.27. The second-order valence-corrected chi connectivity index (χ2v) is 8.05. The fraction of sp³-hybridized carbons (Fsp3) is 0.250. The van der Waals surface area contributed by atoms with Gasteiger partial charge in [0.1, 0.15) is 5.82 Å². The summed E-state index contributed by atoms with van der Waals surface area (Å²) >= 11 is 0. The van der Waals surface area contributed by atoms with Crippen LogP contribution >= 0.6 is 0 Å². The largest absolute Gasteiger partial charge is 0.340 e. The molecule has 1 atom stereocenters. The van der Waals surface area contributed by atoms with Crippen molar-refractivity contribution >= 4 is 28.5 Å². The maximum Gasteiger partial charge on any atom is 0.254 e. The van der Waals surface area contributed by atoms with Crippen LogP contribution in [0, 0.1) is 0 Å². The summed E-state index contributed by atoms with van der Waals surface area (Å²) in [6.45, 7) is 2.17. The second kappa shape index (κ2) is 8.30. The summed E-state index contributed by atoms with van der Waals surface area (Å²) < 4.78 is 1.66. The summed E-state index contributed by atoms with van der Waals surface area (Å²) in [5.41, 5.74) is 3.97. The average molecular weight is 428 g/mol. The topological polar surface area (TPSA) is 95.9 Å². The number of anilines is 1. The van der Waals surface area contributed by atoms with E-state index in [-0.39, 0.29) is 17.9 Å². The van der Waals surface area contributed by atoms with Gasteiger partial charge in [0.15, 0.2) is 0 Å². The van der Waals surface area contributed by atoms with Gasteiger partial charge in [0.2, 0.25) is 5.91 Å². The smallest absolute Gasteiger partial charge is 0.254 e. The fourth-order valence-electron chi connectivity index (χ4n) is 4.24. The van der Waals surface area contributed by atoms with Crippen LogP contribution in [0.15, 0.2) is 60.9 Å². The minimum atomic E-state index is -0.147. The quantitative estimate of drug-likeness (QED) is 0.512. The van der Waals surface area contributed by atoms with Crippen molar-refractivity contribution in [3.63, 3.8) is 0 Å². The lowest BCUT2D eigenvalue weighted by Gasteiger charge is -2.34. The molecule has 1 saturated heterocycles. The summed E-state index contributed by atoms with van der Waals surface area (Å²) in [4.78, 5) is 34.7. The molecule has 5 rings (SSSR count). The number of carbonyl (C=O) groups is 2. The summed E-state index contributed by atoms with van der Waals surface area (Å²) in [5.74, 6) is 0.699. The van der Waals surface area contributed by atoms with Gasteiger partial charge in [-0.25, -0.2) is 9.67 Å². The van der Waals surface area contributed by atoms with Crippen LogP contribution in [0.25, 0.3) is 16.7 Å². The molecule has 8 heteroatoms. The van der Waals surface area contributed by atoms with E-state index in [4.69, 9.17) is 4.98 Å². The third-order valence-corrected chi connectivity index (χ3v) is 5.77. The predicted molar refractivity (Wildman–Crippen MR) is 122 cm³/mol. The standard InChI is InChI=1S/C24H24N6O2/c1-16(31)26-18-14-25-30(15-18)19-11-9-17(10-12-19)24(32)29-13-5-4-8-22(29)23-27-20-6-2-3-7-21(20)28-23/h2-3,6-7,9-12,14-15,22H,4-5,8,13H2,1H3,(H,26,31)(H,27,28)/t22-/m1/s1. The van der Waals surface area contributed by atoms with Crippen LogP contribution in [0.5, 0.6) is 0 Å². The van der Waals surface area contributed by atoms with E-state index in [2.05, 4.69) is 15.4 Å². The van der Waals surface area contributed by atoms with E-state index in [0.717, 1.165) is 41.8 Å². The molecule has 8 nitrogen and oxygen atoms in total.